The molecule has 20 heavy (non-hydrogen) atoms. The molecular formula is C14H15F2NO3. The molecule has 0 bridgehead atoms. The zero-order valence-electron chi connectivity index (χ0n) is 11.6. The number of carbonyl (C=O) groups excluding carboxylic acids is 1. The molecule has 0 spiro atoms. The molecule has 1 aromatic carbocycles. The molecule has 0 aromatic heterocycles. The predicted octanol–water partition coefficient (Wildman–Crippen LogP) is 2.72. The lowest BCUT2D eigenvalue weighted by Crippen LogP contribution is -2.11. The molecule has 0 heterocycles. The van der Waals surface area contributed by atoms with Crippen LogP contribution >= 0.6 is 0 Å². The molecule has 1 rings (SSSR count). The second-order valence-corrected chi connectivity index (χ2v) is 4.13. The SMILES string of the molecule is CN=C/C(C(=O)OC)=C(/O)c1c(C)cc(F)c(F)c1C. The van der Waals surface area contributed by atoms with E-state index in [0.29, 0.717) is 5.56 Å². The van der Waals surface area contributed by atoms with E-state index in [0.717, 1.165) is 19.4 Å². The lowest BCUT2D eigenvalue weighted by Gasteiger charge is -2.12. The van der Waals surface area contributed by atoms with Gasteiger partial charge in [-0.25, -0.2) is 13.6 Å². The van der Waals surface area contributed by atoms with Crippen molar-refractivity contribution >= 4 is 17.9 Å². The summed E-state index contributed by atoms with van der Waals surface area (Å²) in [5, 5.41) is 10.2. The Morgan fingerprint density at radius 3 is 2.50 bits per heavy atom. The quantitative estimate of drug-likeness (QED) is 0.401. The molecule has 0 unspecified atom stereocenters. The minimum atomic E-state index is -1.07. The molecule has 1 aromatic rings. The number of rotatable bonds is 3. The number of nitrogens with zero attached hydrogens (tertiary/aromatic N) is 1. The van der Waals surface area contributed by atoms with Gasteiger partial charge in [-0.05, 0) is 31.0 Å². The van der Waals surface area contributed by atoms with Crippen LogP contribution in [0.3, 0.4) is 0 Å². The molecule has 0 aliphatic rings. The first-order valence-electron chi connectivity index (χ1n) is 5.74. The number of aliphatic imine (C=N–C) groups is 1. The molecule has 0 atom stereocenters. The van der Waals surface area contributed by atoms with Crippen LogP contribution in [0.5, 0.6) is 0 Å². The Hall–Kier alpha value is -2.24. The highest BCUT2D eigenvalue weighted by atomic mass is 19.2. The van der Waals surface area contributed by atoms with Gasteiger partial charge in [-0.2, -0.15) is 0 Å². The fourth-order valence-electron chi connectivity index (χ4n) is 1.86. The molecule has 0 radical (unpaired) electrons. The summed E-state index contributed by atoms with van der Waals surface area (Å²) in [5.41, 5.74) is 0.0205. The van der Waals surface area contributed by atoms with E-state index in [9.17, 15) is 18.7 Å². The van der Waals surface area contributed by atoms with E-state index in [1.165, 1.54) is 20.9 Å². The van der Waals surface area contributed by atoms with Crippen molar-refractivity contribution in [1.29, 1.82) is 0 Å². The lowest BCUT2D eigenvalue weighted by molar-refractivity contribution is -0.135. The van der Waals surface area contributed by atoms with Gasteiger partial charge in [0.1, 0.15) is 11.3 Å². The Labute approximate surface area is 115 Å². The highest BCUT2D eigenvalue weighted by molar-refractivity contribution is 6.15. The molecule has 0 amide bonds. The lowest BCUT2D eigenvalue weighted by atomic mass is 9.97. The fourth-order valence-corrected chi connectivity index (χ4v) is 1.86. The average molecular weight is 283 g/mol. The van der Waals surface area contributed by atoms with Crippen molar-refractivity contribution in [2.75, 3.05) is 14.2 Å². The molecule has 0 aliphatic heterocycles. The third kappa shape index (κ3) is 2.84. The zero-order valence-corrected chi connectivity index (χ0v) is 11.6. The standard InChI is InChI=1S/C14H15F2NO3/c1-7-5-10(15)12(16)8(2)11(7)13(18)9(6-17-3)14(19)20-4/h5-6,18H,1-4H3/b13-9-,17-6?. The van der Waals surface area contributed by atoms with E-state index in [2.05, 4.69) is 9.73 Å². The summed E-state index contributed by atoms with van der Waals surface area (Å²) in [7, 11) is 2.55. The number of aliphatic hydroxyl groups is 1. The Balaban J connectivity index is 3.65. The molecular weight excluding hydrogens is 268 g/mol. The van der Waals surface area contributed by atoms with Crippen molar-refractivity contribution < 1.29 is 23.4 Å². The van der Waals surface area contributed by atoms with Crippen LogP contribution in [0.1, 0.15) is 16.7 Å². The van der Waals surface area contributed by atoms with Gasteiger partial charge in [0, 0.05) is 18.8 Å². The van der Waals surface area contributed by atoms with Crippen molar-refractivity contribution in [2.24, 2.45) is 4.99 Å². The predicted molar refractivity (Wildman–Crippen MR) is 71.8 cm³/mol. The average Bonchev–Trinajstić information content (AvgIpc) is 2.41. The van der Waals surface area contributed by atoms with Crippen LogP contribution in [0.2, 0.25) is 0 Å². The second-order valence-electron chi connectivity index (χ2n) is 4.13. The van der Waals surface area contributed by atoms with Gasteiger partial charge in [0.05, 0.1) is 7.11 Å². The van der Waals surface area contributed by atoms with Gasteiger partial charge in [-0.15, -0.1) is 0 Å². The largest absolute Gasteiger partial charge is 0.506 e. The van der Waals surface area contributed by atoms with Gasteiger partial charge >= 0.3 is 5.97 Å². The highest BCUT2D eigenvalue weighted by Crippen LogP contribution is 2.27. The molecule has 0 aliphatic carbocycles. The van der Waals surface area contributed by atoms with Gasteiger partial charge < -0.3 is 9.84 Å². The molecule has 6 heteroatoms. The van der Waals surface area contributed by atoms with Crippen molar-refractivity contribution in [3.05, 3.63) is 40.0 Å². The van der Waals surface area contributed by atoms with Gasteiger partial charge in [-0.1, -0.05) is 0 Å². The van der Waals surface area contributed by atoms with Gasteiger partial charge in [0.2, 0.25) is 0 Å². The first kappa shape index (κ1) is 15.8. The first-order valence-corrected chi connectivity index (χ1v) is 5.74. The van der Waals surface area contributed by atoms with E-state index in [1.807, 2.05) is 0 Å². The van der Waals surface area contributed by atoms with Crippen molar-refractivity contribution in [2.45, 2.75) is 13.8 Å². The monoisotopic (exact) mass is 283 g/mol. The Morgan fingerprint density at radius 2 is 2.00 bits per heavy atom. The Bertz CT molecular complexity index is 607. The molecule has 0 saturated heterocycles. The van der Waals surface area contributed by atoms with Gasteiger partial charge in [0.25, 0.3) is 0 Å². The third-order valence-electron chi connectivity index (χ3n) is 2.81. The third-order valence-corrected chi connectivity index (χ3v) is 2.81. The number of benzene rings is 1. The van der Waals surface area contributed by atoms with Crippen molar-refractivity contribution in [3.63, 3.8) is 0 Å². The summed E-state index contributed by atoms with van der Waals surface area (Å²) in [4.78, 5) is 15.2. The van der Waals surface area contributed by atoms with E-state index >= 15 is 0 Å². The molecule has 4 nitrogen and oxygen atoms in total. The van der Waals surface area contributed by atoms with E-state index in [-0.39, 0.29) is 16.7 Å². The number of hydrogen-bond donors (Lipinski definition) is 1. The zero-order chi connectivity index (χ0) is 15.4. The summed E-state index contributed by atoms with van der Waals surface area (Å²) < 4.78 is 31.4. The summed E-state index contributed by atoms with van der Waals surface area (Å²) in [6, 6.07) is 0.950. The summed E-state index contributed by atoms with van der Waals surface area (Å²) in [6.07, 6.45) is 1.10. The highest BCUT2D eigenvalue weighted by Gasteiger charge is 2.21. The second kappa shape index (κ2) is 6.27. The van der Waals surface area contributed by atoms with Crippen LogP contribution in [0.25, 0.3) is 5.76 Å². The number of halogens is 2. The number of carbonyl (C=O) groups is 1. The molecule has 0 saturated carbocycles. The fraction of sp³-hybridized carbons (Fsp3) is 0.286. The summed E-state index contributed by atoms with van der Waals surface area (Å²) in [6.45, 7) is 2.81. The number of hydrogen-bond acceptors (Lipinski definition) is 4. The van der Waals surface area contributed by atoms with E-state index in [4.69, 9.17) is 0 Å². The van der Waals surface area contributed by atoms with Crippen LogP contribution in [0.4, 0.5) is 8.78 Å². The summed E-state index contributed by atoms with van der Waals surface area (Å²) >= 11 is 0. The number of methoxy groups -OCH3 is 1. The Morgan fingerprint density at radius 1 is 1.40 bits per heavy atom. The van der Waals surface area contributed by atoms with Crippen LogP contribution < -0.4 is 0 Å². The van der Waals surface area contributed by atoms with Crippen LogP contribution in [-0.2, 0) is 9.53 Å². The van der Waals surface area contributed by atoms with Crippen molar-refractivity contribution in [3.8, 4) is 0 Å². The van der Waals surface area contributed by atoms with Crippen LogP contribution in [0, 0.1) is 25.5 Å². The molecule has 0 fully saturated rings. The number of ether oxygens (including phenoxy) is 1. The van der Waals surface area contributed by atoms with Crippen LogP contribution in [-0.4, -0.2) is 31.4 Å². The first-order chi connectivity index (χ1) is 9.34. The molecule has 108 valence electrons. The van der Waals surface area contributed by atoms with Gasteiger partial charge in [0.15, 0.2) is 11.6 Å². The number of aliphatic hydroxyl groups excluding tert-OH is 1. The van der Waals surface area contributed by atoms with Gasteiger partial charge in [-0.3, -0.25) is 4.99 Å². The topological polar surface area (TPSA) is 58.9 Å². The number of esters is 1. The normalized spacial score (nSPS) is 12.5. The Kier molecular flexibility index (Phi) is 4.96. The van der Waals surface area contributed by atoms with E-state index < -0.39 is 23.4 Å². The maximum Gasteiger partial charge on any atom is 0.343 e. The van der Waals surface area contributed by atoms with E-state index in [1.54, 1.807) is 0 Å². The minimum Gasteiger partial charge on any atom is -0.506 e. The van der Waals surface area contributed by atoms with Crippen molar-refractivity contribution in [1.82, 2.24) is 0 Å². The van der Waals surface area contributed by atoms with Crippen LogP contribution in [0.15, 0.2) is 16.6 Å². The maximum absolute atomic E-state index is 13.6. The smallest absolute Gasteiger partial charge is 0.343 e. The summed E-state index contributed by atoms with van der Waals surface area (Å²) in [5.74, 6) is -3.41. The maximum atomic E-state index is 13.6. The minimum absolute atomic E-state index is 0.0456. The molecule has 1 N–H and O–H groups in total. The number of aryl methyl sites for hydroxylation is 1.